The maximum atomic E-state index is 13.0. The van der Waals surface area contributed by atoms with Crippen molar-refractivity contribution in [3.05, 3.63) is 0 Å². The Balaban J connectivity index is 1.66. The van der Waals surface area contributed by atoms with Crippen LogP contribution in [-0.4, -0.2) is 247 Å². The maximum Gasteiger partial charge on any atom is 0.364 e. The summed E-state index contributed by atoms with van der Waals surface area (Å²) in [6, 6.07) is -3.04. The van der Waals surface area contributed by atoms with Gasteiger partial charge in [0.25, 0.3) is 5.79 Å². The summed E-state index contributed by atoms with van der Waals surface area (Å²) in [6.07, 6.45) is -29.9. The van der Waals surface area contributed by atoms with Crippen LogP contribution in [-0.2, 0) is 61.8 Å². The third-order valence-electron chi connectivity index (χ3n) is 12.2. The second kappa shape index (κ2) is 26.5. The van der Waals surface area contributed by atoms with Crippen molar-refractivity contribution in [3.8, 4) is 0 Å². The van der Waals surface area contributed by atoms with E-state index in [-0.39, 0.29) is 12.6 Å². The number of hydrogen-bond acceptors (Lipinski definition) is 24. The Kier molecular flexibility index (Phi) is 22.5. The van der Waals surface area contributed by atoms with E-state index in [1.54, 1.807) is 0 Å². The van der Waals surface area contributed by atoms with E-state index in [0.29, 0.717) is 25.7 Å². The van der Waals surface area contributed by atoms with Gasteiger partial charge in [0.05, 0.1) is 45.2 Å². The Hall–Kier alpha value is -2.88. The second-order valence-corrected chi connectivity index (χ2v) is 17.3. The highest BCUT2D eigenvalue weighted by Gasteiger charge is 2.61. The van der Waals surface area contributed by atoms with Crippen LogP contribution < -0.4 is 10.6 Å². The van der Waals surface area contributed by atoms with Crippen LogP contribution in [0.1, 0.15) is 72.1 Å². The molecule has 27 nitrogen and oxygen atoms in total. The molecule has 4 aliphatic heterocycles. The summed E-state index contributed by atoms with van der Waals surface area (Å²) in [5.74, 6) is -6.90. The molecule has 0 unspecified atom stereocenters. The smallest absolute Gasteiger partial charge is 0.364 e. The van der Waals surface area contributed by atoms with Crippen LogP contribution in [0, 0.1) is 0 Å². The number of carbonyl (C=O) groups is 4. The zero-order valence-corrected chi connectivity index (χ0v) is 38.2. The van der Waals surface area contributed by atoms with E-state index in [4.69, 9.17) is 37.9 Å². The van der Waals surface area contributed by atoms with E-state index in [9.17, 15) is 80.5 Å². The highest BCUT2D eigenvalue weighted by Crippen LogP contribution is 2.39. The second-order valence-electron chi connectivity index (χ2n) is 17.3. The van der Waals surface area contributed by atoms with Crippen LogP contribution in [0.5, 0.6) is 0 Å². The first-order valence-corrected chi connectivity index (χ1v) is 22.5. The van der Waals surface area contributed by atoms with Crippen LogP contribution in [0.15, 0.2) is 0 Å². The molecule has 394 valence electrons. The fourth-order valence-corrected chi connectivity index (χ4v) is 8.50. The molecule has 4 saturated heterocycles. The van der Waals surface area contributed by atoms with Crippen molar-refractivity contribution in [3.63, 3.8) is 0 Å². The lowest BCUT2D eigenvalue weighted by atomic mass is 9.88. The Labute approximate surface area is 391 Å². The molecule has 4 fully saturated rings. The molecular formula is C41H70N2O25. The van der Waals surface area contributed by atoms with Crippen molar-refractivity contribution in [1.29, 1.82) is 0 Å². The van der Waals surface area contributed by atoms with Gasteiger partial charge in [0, 0.05) is 33.3 Å². The predicted molar refractivity (Wildman–Crippen MR) is 221 cm³/mol. The van der Waals surface area contributed by atoms with Gasteiger partial charge >= 0.3 is 11.9 Å². The summed E-state index contributed by atoms with van der Waals surface area (Å²) in [6.45, 7) is 0.519. The lowest BCUT2D eigenvalue weighted by molar-refractivity contribution is -0.391. The minimum Gasteiger partial charge on any atom is -0.477 e. The number of nitrogens with one attached hydrogen (secondary N) is 2. The molecule has 2 amide bonds. The van der Waals surface area contributed by atoms with E-state index in [1.165, 1.54) is 14.0 Å². The average Bonchev–Trinajstić information content (AvgIpc) is 3.30. The Morgan fingerprint density at radius 1 is 0.691 bits per heavy atom. The first kappa shape index (κ1) is 57.7. The normalized spacial score (nSPS) is 39.6. The van der Waals surface area contributed by atoms with Gasteiger partial charge in [-0.15, -0.1) is 0 Å². The van der Waals surface area contributed by atoms with Gasteiger partial charge in [-0.1, -0.05) is 25.7 Å². The van der Waals surface area contributed by atoms with Crippen molar-refractivity contribution in [1.82, 2.24) is 10.6 Å². The first-order chi connectivity index (χ1) is 32.1. The fourth-order valence-electron chi connectivity index (χ4n) is 8.50. The van der Waals surface area contributed by atoms with Crippen molar-refractivity contribution >= 4 is 23.8 Å². The van der Waals surface area contributed by atoms with Crippen molar-refractivity contribution in [2.24, 2.45) is 0 Å². The minimum absolute atomic E-state index is 0.0356. The number of methoxy groups -OCH3 is 1. The summed E-state index contributed by atoms with van der Waals surface area (Å²) in [5.41, 5.74) is 0. The number of hydrogen-bond donors (Lipinski definition) is 14. The van der Waals surface area contributed by atoms with Crippen LogP contribution in [0.25, 0.3) is 0 Å². The van der Waals surface area contributed by atoms with Gasteiger partial charge in [-0.05, 0) is 19.8 Å². The van der Waals surface area contributed by atoms with Gasteiger partial charge in [0.15, 0.2) is 18.9 Å². The van der Waals surface area contributed by atoms with Crippen molar-refractivity contribution < 1.29 is 123 Å². The number of carbonyl (C=O) groups excluding carboxylic acids is 3. The lowest BCUT2D eigenvalue weighted by Crippen LogP contribution is -2.71. The molecule has 0 spiro atoms. The molecule has 0 aromatic heterocycles. The number of amides is 2. The van der Waals surface area contributed by atoms with Crippen molar-refractivity contribution in [2.75, 3.05) is 33.5 Å². The average molecular weight is 991 g/mol. The number of unbranched alkanes of at least 4 members (excludes halogenated alkanes) is 5. The number of esters is 1. The SMILES string of the molecule is COC(=O)CCCCCCCCO[C@@H]1O[C@@H](CO)[C@@H](O[C@@H]2O[C@@H](CO)[C@H](O)[C@H](O[C@]3(C(=O)O)C[C@@H](O)[C@@H](NC(C)=O)[C@H]([C@@H](O)[C@H](O)CO)O3)[C@@H]2O)[C@H](O[C@@H]2O[C@@H](C)[C@@H](O)[C@H](O)[C@@H]2O)[C@@H]1NC(C)=O. The number of aliphatic carboxylic acids is 1. The van der Waals surface area contributed by atoms with Gasteiger partial charge in [-0.25, -0.2) is 4.79 Å². The number of aliphatic hydroxyl groups is 11. The zero-order chi connectivity index (χ0) is 50.6. The van der Waals surface area contributed by atoms with Gasteiger partial charge in [0.1, 0.15) is 85.4 Å². The van der Waals surface area contributed by atoms with Crippen LogP contribution >= 0.6 is 0 Å². The molecule has 0 bridgehead atoms. The van der Waals surface area contributed by atoms with Gasteiger partial charge in [-0.2, -0.15) is 0 Å². The largest absolute Gasteiger partial charge is 0.477 e. The number of rotatable bonds is 24. The van der Waals surface area contributed by atoms with E-state index in [2.05, 4.69) is 15.4 Å². The number of carboxylic acid groups (broad SMARTS) is 1. The van der Waals surface area contributed by atoms with Crippen LogP contribution in [0.2, 0.25) is 0 Å². The summed E-state index contributed by atoms with van der Waals surface area (Å²) in [7, 11) is 1.32. The third-order valence-corrected chi connectivity index (χ3v) is 12.2. The summed E-state index contributed by atoms with van der Waals surface area (Å²) < 4.78 is 52.1. The van der Waals surface area contributed by atoms with Gasteiger partial charge in [0.2, 0.25) is 11.8 Å². The van der Waals surface area contributed by atoms with E-state index in [1.807, 2.05) is 0 Å². The van der Waals surface area contributed by atoms with Gasteiger partial charge in [-0.3, -0.25) is 14.4 Å². The molecule has 0 saturated carbocycles. The minimum atomic E-state index is -3.13. The molecule has 4 heterocycles. The fraction of sp³-hybridized carbons (Fsp3) is 0.902. The molecule has 27 heteroatoms. The molecule has 4 rings (SSSR count). The Bertz CT molecular complexity index is 1600. The molecule has 0 aromatic carbocycles. The molecule has 21 atom stereocenters. The standard InChI is InChI=1S/C41H70N2O25/c1-17-27(52)30(55)31(56)38(62-17)66-35-26(43-19(3)48)37(61-12-10-8-6-5-7-9-11-24(51)60-4)64-23(16-46)33(35)65-39-32(57)36(29(54)22(15-45)63-39)68-41(40(58)59)13-20(49)25(42-18(2)47)34(67-41)28(53)21(50)14-44/h17,20-23,25-39,44-46,49-50,52-57H,5-16H2,1-4H3,(H,42,47)(H,43,48)(H,58,59)/t17-,20+,21+,22-,23-,25+,26-,27+,28-,29-,30-,31-,32-,33+,34+,35+,36-,37+,38-,39-,41-/m0/s1. The molecule has 14 N–H and O–H groups in total. The quantitative estimate of drug-likeness (QED) is 0.0316. The summed E-state index contributed by atoms with van der Waals surface area (Å²) >= 11 is 0. The summed E-state index contributed by atoms with van der Waals surface area (Å²) in [5, 5.41) is 134. The zero-order valence-electron chi connectivity index (χ0n) is 38.2. The summed E-state index contributed by atoms with van der Waals surface area (Å²) in [4.78, 5) is 49.3. The van der Waals surface area contributed by atoms with Gasteiger partial charge < -0.3 is 115 Å². The van der Waals surface area contributed by atoms with Crippen molar-refractivity contribution in [2.45, 2.75) is 200 Å². The molecular weight excluding hydrogens is 920 g/mol. The molecule has 0 aromatic rings. The third kappa shape index (κ3) is 14.4. The molecule has 0 radical (unpaired) electrons. The molecule has 4 aliphatic rings. The first-order valence-electron chi connectivity index (χ1n) is 22.5. The van der Waals surface area contributed by atoms with E-state index < -0.39 is 172 Å². The monoisotopic (exact) mass is 990 g/mol. The Morgan fingerprint density at radius 2 is 1.26 bits per heavy atom. The highest BCUT2D eigenvalue weighted by molar-refractivity contribution is 5.77. The molecule has 0 aliphatic carbocycles. The Morgan fingerprint density at radius 3 is 1.85 bits per heavy atom. The number of ether oxygens (including phenoxy) is 9. The predicted octanol–water partition coefficient (Wildman–Crippen LogP) is -6.30. The topological polar surface area (TPSA) is 418 Å². The molecule has 68 heavy (non-hydrogen) atoms. The maximum absolute atomic E-state index is 13.0. The van der Waals surface area contributed by atoms with Crippen LogP contribution in [0.4, 0.5) is 0 Å². The van der Waals surface area contributed by atoms with E-state index in [0.717, 1.165) is 33.1 Å². The van der Waals surface area contributed by atoms with E-state index >= 15 is 0 Å². The number of carboxylic acids is 1. The highest BCUT2D eigenvalue weighted by atomic mass is 16.8. The number of aliphatic hydroxyl groups excluding tert-OH is 11. The lowest BCUT2D eigenvalue weighted by Gasteiger charge is -2.51. The van der Waals surface area contributed by atoms with Crippen LogP contribution in [0.3, 0.4) is 0 Å².